The van der Waals surface area contributed by atoms with Crippen molar-refractivity contribution in [3.63, 3.8) is 0 Å². The molecule has 2 aromatic rings. The predicted octanol–water partition coefficient (Wildman–Crippen LogP) is 4.12. The Hall–Kier alpha value is -2.36. The van der Waals surface area contributed by atoms with Crippen LogP contribution in [0.15, 0.2) is 36.4 Å². The number of nitrogens with one attached hydrogen (secondary N) is 1. The number of nitrogen functional groups attached to an aromatic ring is 1. The maximum absolute atomic E-state index is 6.12. The molecule has 4 heteroatoms. The number of para-hydroxylation sites is 1. The third-order valence-electron chi connectivity index (χ3n) is 3.16. The summed E-state index contributed by atoms with van der Waals surface area (Å²) in [6.45, 7) is 7.13. The van der Waals surface area contributed by atoms with Crippen molar-refractivity contribution < 1.29 is 9.47 Å². The summed E-state index contributed by atoms with van der Waals surface area (Å²) in [5.74, 6) is 1.58. The fourth-order valence-electron chi connectivity index (χ4n) is 2.08. The topological polar surface area (TPSA) is 56.5 Å². The highest BCUT2D eigenvalue weighted by Crippen LogP contribution is 2.34. The fraction of sp³-hybridized carbons (Fsp3) is 0.294. The van der Waals surface area contributed by atoms with Crippen LogP contribution in [0.3, 0.4) is 0 Å². The van der Waals surface area contributed by atoms with Crippen molar-refractivity contribution in [1.29, 1.82) is 0 Å². The monoisotopic (exact) mass is 286 g/mol. The highest BCUT2D eigenvalue weighted by Gasteiger charge is 2.09. The van der Waals surface area contributed by atoms with Crippen LogP contribution >= 0.6 is 0 Å². The zero-order valence-corrected chi connectivity index (χ0v) is 12.8. The average molecular weight is 286 g/mol. The van der Waals surface area contributed by atoms with E-state index in [0.717, 1.165) is 34.1 Å². The van der Waals surface area contributed by atoms with Crippen molar-refractivity contribution in [1.82, 2.24) is 0 Å². The summed E-state index contributed by atoms with van der Waals surface area (Å²) in [7, 11) is 0. The van der Waals surface area contributed by atoms with E-state index in [9.17, 15) is 0 Å². The molecule has 0 atom stereocenters. The minimum atomic E-state index is 0.603. The standard InChI is InChI=1S/C17H22N2O2/c1-4-20-13-9-10-16(21-5-2)15(11-13)19-14-8-6-7-12(3)17(14)18/h6-11,19H,4-5,18H2,1-3H3. The van der Waals surface area contributed by atoms with Gasteiger partial charge in [0.05, 0.1) is 30.3 Å². The summed E-state index contributed by atoms with van der Waals surface area (Å²) in [5.41, 5.74) is 9.61. The van der Waals surface area contributed by atoms with Crippen molar-refractivity contribution in [2.75, 3.05) is 24.3 Å². The Morgan fingerprint density at radius 2 is 1.76 bits per heavy atom. The second kappa shape index (κ2) is 6.88. The van der Waals surface area contributed by atoms with Gasteiger partial charge < -0.3 is 20.5 Å². The molecule has 3 N–H and O–H groups in total. The van der Waals surface area contributed by atoms with Gasteiger partial charge in [0, 0.05) is 6.07 Å². The van der Waals surface area contributed by atoms with Gasteiger partial charge in [-0.05, 0) is 44.5 Å². The van der Waals surface area contributed by atoms with E-state index in [1.807, 2.05) is 57.2 Å². The number of rotatable bonds is 6. The third-order valence-corrected chi connectivity index (χ3v) is 3.16. The minimum absolute atomic E-state index is 0.603. The first kappa shape index (κ1) is 15.0. The van der Waals surface area contributed by atoms with Crippen LogP contribution in [-0.2, 0) is 0 Å². The van der Waals surface area contributed by atoms with Crippen LogP contribution in [0, 0.1) is 6.92 Å². The molecule has 0 aliphatic carbocycles. The summed E-state index contributed by atoms with van der Waals surface area (Å²) < 4.78 is 11.2. The molecule has 0 aromatic heterocycles. The quantitative estimate of drug-likeness (QED) is 0.784. The molecule has 2 aromatic carbocycles. The third kappa shape index (κ3) is 3.60. The van der Waals surface area contributed by atoms with Gasteiger partial charge in [-0.3, -0.25) is 0 Å². The molecule has 0 saturated heterocycles. The molecule has 112 valence electrons. The smallest absolute Gasteiger partial charge is 0.142 e. The molecule has 0 amide bonds. The molecule has 21 heavy (non-hydrogen) atoms. The van der Waals surface area contributed by atoms with E-state index in [0.29, 0.717) is 13.2 Å². The highest BCUT2D eigenvalue weighted by molar-refractivity contribution is 5.77. The lowest BCUT2D eigenvalue weighted by Gasteiger charge is -2.16. The first-order chi connectivity index (χ1) is 10.2. The lowest BCUT2D eigenvalue weighted by molar-refractivity contribution is 0.332. The predicted molar refractivity (Wildman–Crippen MR) is 87.7 cm³/mol. The second-order valence-electron chi connectivity index (χ2n) is 4.69. The van der Waals surface area contributed by atoms with Gasteiger partial charge in [-0.15, -0.1) is 0 Å². The molecule has 0 spiro atoms. The van der Waals surface area contributed by atoms with E-state index in [-0.39, 0.29) is 0 Å². The largest absolute Gasteiger partial charge is 0.494 e. The molecular weight excluding hydrogens is 264 g/mol. The second-order valence-corrected chi connectivity index (χ2v) is 4.69. The van der Waals surface area contributed by atoms with Crippen molar-refractivity contribution >= 4 is 17.1 Å². The Bertz CT molecular complexity index is 612. The van der Waals surface area contributed by atoms with Crippen LogP contribution in [-0.4, -0.2) is 13.2 Å². The van der Waals surface area contributed by atoms with Gasteiger partial charge in [-0.2, -0.15) is 0 Å². The lowest BCUT2D eigenvalue weighted by atomic mass is 10.1. The zero-order valence-electron chi connectivity index (χ0n) is 12.8. The molecule has 0 aliphatic rings. The van der Waals surface area contributed by atoms with E-state index in [1.54, 1.807) is 0 Å². The number of aryl methyl sites for hydroxylation is 1. The number of hydrogen-bond donors (Lipinski definition) is 2. The zero-order chi connectivity index (χ0) is 15.2. The summed E-state index contributed by atoms with van der Waals surface area (Å²) in [5, 5.41) is 3.34. The molecule has 0 heterocycles. The van der Waals surface area contributed by atoms with Gasteiger partial charge in [0.1, 0.15) is 11.5 Å². The maximum atomic E-state index is 6.12. The molecule has 0 aliphatic heterocycles. The van der Waals surface area contributed by atoms with Gasteiger partial charge in [0.25, 0.3) is 0 Å². The summed E-state index contributed by atoms with van der Waals surface area (Å²) in [4.78, 5) is 0. The van der Waals surface area contributed by atoms with E-state index in [1.165, 1.54) is 0 Å². The summed E-state index contributed by atoms with van der Waals surface area (Å²) >= 11 is 0. The van der Waals surface area contributed by atoms with E-state index in [2.05, 4.69) is 5.32 Å². The Balaban J connectivity index is 2.35. The molecular formula is C17H22N2O2. The van der Waals surface area contributed by atoms with Crippen molar-refractivity contribution in [2.24, 2.45) is 0 Å². The number of hydrogen-bond acceptors (Lipinski definition) is 4. The Labute approximate surface area is 125 Å². The molecule has 0 unspecified atom stereocenters. The van der Waals surface area contributed by atoms with Crippen LogP contribution in [0.5, 0.6) is 11.5 Å². The van der Waals surface area contributed by atoms with Crippen molar-refractivity contribution in [3.05, 3.63) is 42.0 Å². The number of nitrogens with two attached hydrogens (primary N) is 1. The summed E-state index contributed by atoms with van der Waals surface area (Å²) in [6.07, 6.45) is 0. The Kier molecular flexibility index (Phi) is 4.93. The van der Waals surface area contributed by atoms with Gasteiger partial charge in [-0.25, -0.2) is 0 Å². The first-order valence-corrected chi connectivity index (χ1v) is 7.17. The van der Waals surface area contributed by atoms with E-state index < -0.39 is 0 Å². The SMILES string of the molecule is CCOc1ccc(OCC)c(Nc2cccc(C)c2N)c1. The normalized spacial score (nSPS) is 10.2. The van der Waals surface area contributed by atoms with Crippen LogP contribution in [0.2, 0.25) is 0 Å². The van der Waals surface area contributed by atoms with Crippen LogP contribution in [0.1, 0.15) is 19.4 Å². The number of benzene rings is 2. The molecule has 0 fully saturated rings. The summed E-state index contributed by atoms with van der Waals surface area (Å²) in [6, 6.07) is 11.6. The lowest BCUT2D eigenvalue weighted by Crippen LogP contribution is -2.02. The molecule has 0 radical (unpaired) electrons. The fourth-order valence-corrected chi connectivity index (χ4v) is 2.08. The van der Waals surface area contributed by atoms with Gasteiger partial charge in [0.15, 0.2) is 0 Å². The molecule has 2 rings (SSSR count). The van der Waals surface area contributed by atoms with E-state index in [4.69, 9.17) is 15.2 Å². The van der Waals surface area contributed by atoms with Gasteiger partial charge >= 0.3 is 0 Å². The van der Waals surface area contributed by atoms with Crippen molar-refractivity contribution in [2.45, 2.75) is 20.8 Å². The first-order valence-electron chi connectivity index (χ1n) is 7.17. The molecule has 0 saturated carbocycles. The molecule has 4 nitrogen and oxygen atoms in total. The Morgan fingerprint density at radius 1 is 1.00 bits per heavy atom. The highest BCUT2D eigenvalue weighted by atomic mass is 16.5. The van der Waals surface area contributed by atoms with Crippen molar-refractivity contribution in [3.8, 4) is 11.5 Å². The number of ether oxygens (including phenoxy) is 2. The van der Waals surface area contributed by atoms with Crippen LogP contribution in [0.25, 0.3) is 0 Å². The van der Waals surface area contributed by atoms with Gasteiger partial charge in [-0.1, -0.05) is 12.1 Å². The van der Waals surface area contributed by atoms with Crippen LogP contribution in [0.4, 0.5) is 17.1 Å². The Morgan fingerprint density at radius 3 is 2.48 bits per heavy atom. The van der Waals surface area contributed by atoms with E-state index >= 15 is 0 Å². The number of anilines is 3. The van der Waals surface area contributed by atoms with Crippen LogP contribution < -0.4 is 20.5 Å². The van der Waals surface area contributed by atoms with Gasteiger partial charge in [0.2, 0.25) is 0 Å². The maximum Gasteiger partial charge on any atom is 0.142 e. The average Bonchev–Trinajstić information content (AvgIpc) is 2.47. The molecule has 0 bridgehead atoms. The minimum Gasteiger partial charge on any atom is -0.494 e.